The Labute approximate surface area is 199 Å². The van der Waals surface area contributed by atoms with Gasteiger partial charge in [-0.3, -0.25) is 9.89 Å². The molecule has 2 aromatic carbocycles. The number of aromatic carboxylic acids is 1. The molecule has 3 N–H and O–H groups in total. The SMILES string of the molecule is Cc1[nH]n(-c2ccc3c(c2)CC3)c(=O)c1N=Nc1c(O)c(-c2ccc(C(=O)O)o2)cc2c1CCC2. The molecule has 0 radical (unpaired) electrons. The predicted octanol–water partition coefficient (Wildman–Crippen LogP) is 5.14. The highest BCUT2D eigenvalue weighted by molar-refractivity contribution is 5.86. The molecule has 0 bridgehead atoms. The zero-order valence-electron chi connectivity index (χ0n) is 19.0. The van der Waals surface area contributed by atoms with E-state index in [0.29, 0.717) is 11.3 Å². The zero-order chi connectivity index (χ0) is 24.3. The highest BCUT2D eigenvalue weighted by Gasteiger charge is 2.25. The molecule has 0 amide bonds. The van der Waals surface area contributed by atoms with Crippen LogP contribution in [0.3, 0.4) is 0 Å². The maximum atomic E-state index is 13.1. The number of azo groups is 1. The largest absolute Gasteiger partial charge is 0.505 e. The summed E-state index contributed by atoms with van der Waals surface area (Å²) in [5.41, 5.74) is 6.17. The van der Waals surface area contributed by atoms with E-state index in [4.69, 9.17) is 4.42 Å². The Morgan fingerprint density at radius 2 is 1.80 bits per heavy atom. The van der Waals surface area contributed by atoms with Crippen LogP contribution in [-0.4, -0.2) is 26.0 Å². The molecule has 0 unspecified atom stereocenters. The second kappa shape index (κ2) is 7.83. The van der Waals surface area contributed by atoms with Crippen molar-refractivity contribution in [2.24, 2.45) is 10.2 Å². The molecule has 176 valence electrons. The minimum Gasteiger partial charge on any atom is -0.505 e. The molecule has 2 aliphatic carbocycles. The summed E-state index contributed by atoms with van der Waals surface area (Å²) >= 11 is 0. The quantitative estimate of drug-likeness (QED) is 0.347. The van der Waals surface area contributed by atoms with E-state index in [1.54, 1.807) is 13.0 Å². The van der Waals surface area contributed by atoms with Gasteiger partial charge in [0.25, 0.3) is 5.56 Å². The standard InChI is InChI=1S/C26H22N4O5/c1-13-22(25(32)30(29-13)17-8-7-14-5-6-15(14)11-17)27-28-23-18-4-2-3-16(18)12-19(24(23)31)20-9-10-21(35-20)26(33)34/h7-12,29,31H,2-6H2,1H3,(H,33,34). The van der Waals surface area contributed by atoms with Gasteiger partial charge in [0.1, 0.15) is 11.4 Å². The van der Waals surface area contributed by atoms with Crippen LogP contribution in [0.2, 0.25) is 0 Å². The molecule has 0 fully saturated rings. The first-order valence-corrected chi connectivity index (χ1v) is 11.5. The summed E-state index contributed by atoms with van der Waals surface area (Å²) in [6.45, 7) is 1.75. The van der Waals surface area contributed by atoms with Gasteiger partial charge in [0.2, 0.25) is 5.76 Å². The molecule has 35 heavy (non-hydrogen) atoms. The number of nitrogens with zero attached hydrogens (tertiary/aromatic N) is 3. The number of aromatic amines is 1. The van der Waals surface area contributed by atoms with Crippen molar-refractivity contribution in [2.45, 2.75) is 39.0 Å². The second-order valence-electron chi connectivity index (χ2n) is 8.96. The number of aromatic nitrogens is 2. The number of fused-ring (bicyclic) bond motifs is 2. The molecule has 4 aromatic rings. The molecule has 0 saturated carbocycles. The highest BCUT2D eigenvalue weighted by atomic mass is 16.4. The molecule has 0 aliphatic heterocycles. The first-order chi connectivity index (χ1) is 16.9. The lowest BCUT2D eigenvalue weighted by Crippen LogP contribution is -2.16. The van der Waals surface area contributed by atoms with Crippen molar-refractivity contribution in [3.8, 4) is 22.8 Å². The van der Waals surface area contributed by atoms with Crippen LogP contribution in [0.5, 0.6) is 5.75 Å². The van der Waals surface area contributed by atoms with Crippen molar-refractivity contribution < 1.29 is 19.4 Å². The number of hydrogen-bond acceptors (Lipinski definition) is 6. The second-order valence-corrected chi connectivity index (χ2v) is 8.96. The van der Waals surface area contributed by atoms with E-state index in [0.717, 1.165) is 48.9 Å². The Morgan fingerprint density at radius 1 is 1.00 bits per heavy atom. The highest BCUT2D eigenvalue weighted by Crippen LogP contribution is 2.45. The van der Waals surface area contributed by atoms with E-state index < -0.39 is 5.97 Å². The maximum Gasteiger partial charge on any atom is 0.371 e. The number of carboxylic acids is 1. The minimum atomic E-state index is -1.19. The molecule has 2 aromatic heterocycles. The van der Waals surface area contributed by atoms with Crippen molar-refractivity contribution >= 4 is 17.3 Å². The van der Waals surface area contributed by atoms with Crippen molar-refractivity contribution in [3.63, 3.8) is 0 Å². The Morgan fingerprint density at radius 3 is 2.51 bits per heavy atom. The average Bonchev–Trinajstić information content (AvgIpc) is 3.54. The van der Waals surface area contributed by atoms with Crippen LogP contribution in [0.15, 0.2) is 55.8 Å². The van der Waals surface area contributed by atoms with Gasteiger partial charge in [-0.2, -0.15) is 0 Å². The Balaban J connectivity index is 1.42. The summed E-state index contributed by atoms with van der Waals surface area (Å²) in [6.07, 6.45) is 4.49. The molecule has 2 heterocycles. The lowest BCUT2D eigenvalue weighted by atomic mass is 9.88. The molecular weight excluding hydrogens is 448 g/mol. The molecular formula is C26H22N4O5. The number of H-pyrrole nitrogens is 1. The van der Waals surface area contributed by atoms with Gasteiger partial charge in [-0.15, -0.1) is 10.2 Å². The lowest BCUT2D eigenvalue weighted by Gasteiger charge is -2.19. The number of carbonyl (C=O) groups is 1. The number of hydrogen-bond donors (Lipinski definition) is 3. The fourth-order valence-electron chi connectivity index (χ4n) is 4.86. The Bertz CT molecular complexity index is 1600. The number of benzene rings is 2. The molecule has 9 heteroatoms. The third kappa shape index (κ3) is 3.39. The number of furan rings is 1. The molecule has 9 nitrogen and oxygen atoms in total. The summed E-state index contributed by atoms with van der Waals surface area (Å²) in [5, 5.41) is 31.9. The normalized spacial score (nSPS) is 14.2. The van der Waals surface area contributed by atoms with Gasteiger partial charge in [0.05, 0.1) is 16.9 Å². The maximum absolute atomic E-state index is 13.1. The van der Waals surface area contributed by atoms with Gasteiger partial charge in [-0.25, -0.2) is 9.48 Å². The number of phenolic OH excluding ortho intramolecular Hbond substituents is 1. The Kier molecular flexibility index (Phi) is 4.73. The third-order valence-electron chi connectivity index (χ3n) is 6.83. The Hall–Kier alpha value is -4.40. The topological polar surface area (TPSA) is 133 Å². The zero-order valence-corrected chi connectivity index (χ0v) is 19.0. The van der Waals surface area contributed by atoms with E-state index in [1.807, 2.05) is 18.2 Å². The summed E-state index contributed by atoms with van der Waals surface area (Å²) in [4.78, 5) is 24.4. The number of phenols is 1. The smallest absolute Gasteiger partial charge is 0.371 e. The number of carboxylic acid groups (broad SMARTS) is 1. The van der Waals surface area contributed by atoms with Gasteiger partial charge in [0, 0.05) is 0 Å². The summed E-state index contributed by atoms with van der Waals surface area (Å²) in [5.74, 6) is -1.34. The number of aromatic hydroxyl groups is 1. The van der Waals surface area contributed by atoms with Crippen molar-refractivity contribution in [3.05, 3.63) is 80.5 Å². The summed E-state index contributed by atoms with van der Waals surface area (Å²) < 4.78 is 6.87. The molecule has 0 saturated heterocycles. The third-order valence-corrected chi connectivity index (χ3v) is 6.83. The fraction of sp³-hybridized carbons (Fsp3) is 0.231. The fourth-order valence-corrected chi connectivity index (χ4v) is 4.86. The van der Waals surface area contributed by atoms with E-state index in [-0.39, 0.29) is 34.2 Å². The number of nitrogens with one attached hydrogen (secondary N) is 1. The first kappa shape index (κ1) is 21.2. The van der Waals surface area contributed by atoms with Gasteiger partial charge in [-0.1, -0.05) is 6.07 Å². The molecule has 0 spiro atoms. The van der Waals surface area contributed by atoms with E-state index >= 15 is 0 Å². The van der Waals surface area contributed by atoms with Crippen LogP contribution in [0, 0.1) is 6.92 Å². The van der Waals surface area contributed by atoms with Crippen molar-refractivity contribution in [1.82, 2.24) is 9.78 Å². The van der Waals surface area contributed by atoms with Crippen LogP contribution in [0.25, 0.3) is 17.0 Å². The van der Waals surface area contributed by atoms with Crippen LogP contribution < -0.4 is 5.56 Å². The summed E-state index contributed by atoms with van der Waals surface area (Å²) in [6, 6.07) is 10.6. The molecule has 0 atom stereocenters. The van der Waals surface area contributed by atoms with Gasteiger partial charge < -0.3 is 14.6 Å². The monoisotopic (exact) mass is 470 g/mol. The minimum absolute atomic E-state index is 0.156. The van der Waals surface area contributed by atoms with E-state index in [2.05, 4.69) is 15.3 Å². The van der Waals surface area contributed by atoms with E-state index in [1.165, 1.54) is 27.9 Å². The molecule has 6 rings (SSSR count). The number of rotatable bonds is 5. The van der Waals surface area contributed by atoms with Crippen LogP contribution >= 0.6 is 0 Å². The van der Waals surface area contributed by atoms with Crippen LogP contribution in [0.1, 0.15) is 44.9 Å². The van der Waals surface area contributed by atoms with Gasteiger partial charge in [-0.05, 0) is 91.6 Å². The lowest BCUT2D eigenvalue weighted by molar-refractivity contribution is 0.0663. The van der Waals surface area contributed by atoms with Gasteiger partial charge >= 0.3 is 5.97 Å². The molecule has 2 aliphatic rings. The van der Waals surface area contributed by atoms with Gasteiger partial charge in [0.15, 0.2) is 11.4 Å². The first-order valence-electron chi connectivity index (χ1n) is 11.5. The predicted molar refractivity (Wildman–Crippen MR) is 128 cm³/mol. The van der Waals surface area contributed by atoms with E-state index in [9.17, 15) is 19.8 Å². The van der Waals surface area contributed by atoms with Crippen LogP contribution in [0.4, 0.5) is 11.4 Å². The summed E-state index contributed by atoms with van der Waals surface area (Å²) in [7, 11) is 0. The van der Waals surface area contributed by atoms with Crippen molar-refractivity contribution in [1.29, 1.82) is 0 Å². The van der Waals surface area contributed by atoms with Crippen LogP contribution in [-0.2, 0) is 25.7 Å². The number of aryl methyl sites for hydroxylation is 4. The average molecular weight is 470 g/mol. The van der Waals surface area contributed by atoms with Crippen molar-refractivity contribution in [2.75, 3.05) is 0 Å².